The third kappa shape index (κ3) is 6.89. The highest BCUT2D eigenvalue weighted by Gasteiger charge is 2.14. The summed E-state index contributed by atoms with van der Waals surface area (Å²) in [5.41, 5.74) is 0.306. The van der Waals surface area contributed by atoms with E-state index in [0.717, 1.165) is 6.42 Å². The van der Waals surface area contributed by atoms with E-state index in [1.165, 1.54) is 7.11 Å². The van der Waals surface area contributed by atoms with Crippen LogP contribution < -0.4 is 14.8 Å². The Balaban J connectivity index is 2.65. The molecule has 0 bridgehead atoms. The monoisotopic (exact) mass is 337 g/mol. The molecule has 1 aromatic carbocycles. The van der Waals surface area contributed by atoms with Gasteiger partial charge in [0.15, 0.2) is 18.1 Å². The van der Waals surface area contributed by atoms with Gasteiger partial charge in [0.25, 0.3) is 5.91 Å². The first-order valence-corrected chi connectivity index (χ1v) is 8.10. The molecule has 0 unspecified atom stereocenters. The van der Waals surface area contributed by atoms with Crippen LogP contribution in [-0.2, 0) is 9.53 Å². The lowest BCUT2D eigenvalue weighted by Gasteiger charge is -2.13. The van der Waals surface area contributed by atoms with E-state index in [4.69, 9.17) is 14.2 Å². The Hall–Kier alpha value is -2.24. The van der Waals surface area contributed by atoms with E-state index in [0.29, 0.717) is 29.6 Å². The number of amides is 1. The fraction of sp³-hybridized carbons (Fsp3) is 0.556. The summed E-state index contributed by atoms with van der Waals surface area (Å²) in [5, 5.41) is 2.65. The highest BCUT2D eigenvalue weighted by molar-refractivity contribution is 5.92. The number of rotatable bonds is 9. The molecule has 0 fully saturated rings. The van der Waals surface area contributed by atoms with Crippen molar-refractivity contribution in [1.29, 1.82) is 0 Å². The number of hydrogen-bond acceptors (Lipinski definition) is 5. The fourth-order valence-corrected chi connectivity index (χ4v) is 1.90. The van der Waals surface area contributed by atoms with E-state index >= 15 is 0 Å². The van der Waals surface area contributed by atoms with Gasteiger partial charge >= 0.3 is 5.97 Å². The summed E-state index contributed by atoms with van der Waals surface area (Å²) in [5.74, 6) is 0.661. The molecule has 0 aliphatic heterocycles. The van der Waals surface area contributed by atoms with Gasteiger partial charge in [0.1, 0.15) is 0 Å². The Morgan fingerprint density at radius 1 is 1.12 bits per heavy atom. The van der Waals surface area contributed by atoms with E-state index in [1.54, 1.807) is 18.2 Å². The van der Waals surface area contributed by atoms with E-state index in [2.05, 4.69) is 19.2 Å². The van der Waals surface area contributed by atoms with E-state index in [9.17, 15) is 9.59 Å². The summed E-state index contributed by atoms with van der Waals surface area (Å²) < 4.78 is 15.9. The Bertz CT molecular complexity index is 554. The number of carbonyl (C=O) groups is 2. The van der Waals surface area contributed by atoms with Crippen LogP contribution in [0.4, 0.5) is 0 Å². The van der Waals surface area contributed by atoms with Crippen LogP contribution in [-0.4, -0.2) is 38.2 Å². The molecule has 0 radical (unpaired) electrons. The Labute approximate surface area is 143 Å². The maximum Gasteiger partial charge on any atom is 0.338 e. The maximum absolute atomic E-state index is 12.0. The minimum absolute atomic E-state index is 0.00133. The number of nitrogens with one attached hydrogen (secondary N) is 1. The normalized spacial score (nSPS) is 10.6. The molecule has 1 aromatic rings. The standard InChI is InChI=1S/C18H27NO5/c1-12(2)8-9-23-15-7-6-14(10-16(15)22-5)18(21)24-11-17(20)19-13(3)4/h6-7,10,12-13H,8-9,11H2,1-5H3,(H,19,20). The van der Waals surface area contributed by atoms with Crippen LogP contribution in [0.5, 0.6) is 11.5 Å². The molecule has 6 nitrogen and oxygen atoms in total. The lowest BCUT2D eigenvalue weighted by molar-refractivity contribution is -0.124. The van der Waals surface area contributed by atoms with E-state index < -0.39 is 5.97 Å². The molecular formula is C18H27NO5. The van der Waals surface area contributed by atoms with Crippen LogP contribution in [0.3, 0.4) is 0 Å². The zero-order valence-electron chi connectivity index (χ0n) is 15.0. The minimum atomic E-state index is -0.582. The van der Waals surface area contributed by atoms with E-state index in [1.807, 2.05) is 13.8 Å². The Morgan fingerprint density at radius 2 is 1.83 bits per heavy atom. The van der Waals surface area contributed by atoms with Crippen LogP contribution in [0.1, 0.15) is 44.5 Å². The zero-order valence-corrected chi connectivity index (χ0v) is 15.0. The van der Waals surface area contributed by atoms with Crippen molar-refractivity contribution >= 4 is 11.9 Å². The van der Waals surface area contributed by atoms with Gasteiger partial charge in [-0.25, -0.2) is 4.79 Å². The fourth-order valence-electron chi connectivity index (χ4n) is 1.90. The summed E-state index contributed by atoms with van der Waals surface area (Å²) in [7, 11) is 1.51. The minimum Gasteiger partial charge on any atom is -0.493 e. The molecule has 0 aliphatic carbocycles. The second-order valence-corrected chi connectivity index (χ2v) is 6.19. The predicted octanol–water partition coefficient (Wildman–Crippen LogP) is 2.80. The average Bonchev–Trinajstić information content (AvgIpc) is 2.51. The molecule has 0 saturated carbocycles. The number of methoxy groups -OCH3 is 1. The lowest BCUT2D eigenvalue weighted by Crippen LogP contribution is -2.33. The topological polar surface area (TPSA) is 73.9 Å². The zero-order chi connectivity index (χ0) is 18.1. The summed E-state index contributed by atoms with van der Waals surface area (Å²) in [6.45, 7) is 8.18. The smallest absolute Gasteiger partial charge is 0.338 e. The number of benzene rings is 1. The molecule has 0 saturated heterocycles. The van der Waals surface area contributed by atoms with Crippen molar-refractivity contribution in [2.24, 2.45) is 5.92 Å². The van der Waals surface area contributed by atoms with Crippen molar-refractivity contribution in [2.75, 3.05) is 20.3 Å². The quantitative estimate of drug-likeness (QED) is 0.701. The third-order valence-corrected chi connectivity index (χ3v) is 3.14. The first-order chi connectivity index (χ1) is 11.3. The summed E-state index contributed by atoms with van der Waals surface area (Å²) >= 11 is 0. The molecule has 0 heterocycles. The molecule has 1 rings (SSSR count). The molecular weight excluding hydrogens is 310 g/mol. The molecule has 134 valence electrons. The Kier molecular flexibility index (Phi) is 8.09. The van der Waals surface area contributed by atoms with Gasteiger partial charge in [0.2, 0.25) is 0 Å². The van der Waals surface area contributed by atoms with Crippen molar-refractivity contribution in [3.8, 4) is 11.5 Å². The first-order valence-electron chi connectivity index (χ1n) is 8.10. The van der Waals surface area contributed by atoms with Gasteiger partial charge in [-0.1, -0.05) is 13.8 Å². The molecule has 0 atom stereocenters. The van der Waals surface area contributed by atoms with Crippen molar-refractivity contribution in [3.05, 3.63) is 23.8 Å². The van der Waals surface area contributed by atoms with Gasteiger partial charge in [-0.3, -0.25) is 4.79 Å². The molecule has 24 heavy (non-hydrogen) atoms. The van der Waals surface area contributed by atoms with Gasteiger partial charge in [0.05, 0.1) is 19.3 Å². The first kappa shape index (κ1) is 19.8. The molecule has 1 amide bonds. The average molecular weight is 337 g/mol. The maximum atomic E-state index is 12.0. The second-order valence-electron chi connectivity index (χ2n) is 6.19. The van der Waals surface area contributed by atoms with Gasteiger partial charge in [0, 0.05) is 6.04 Å². The highest BCUT2D eigenvalue weighted by Crippen LogP contribution is 2.28. The van der Waals surface area contributed by atoms with Crippen molar-refractivity contribution in [2.45, 2.75) is 40.2 Å². The summed E-state index contributed by atoms with van der Waals surface area (Å²) in [6, 6.07) is 4.81. The SMILES string of the molecule is COc1cc(C(=O)OCC(=O)NC(C)C)ccc1OCCC(C)C. The van der Waals surface area contributed by atoms with Crippen molar-refractivity contribution in [1.82, 2.24) is 5.32 Å². The van der Waals surface area contributed by atoms with Gasteiger partial charge in [-0.05, 0) is 44.4 Å². The molecule has 0 spiro atoms. The largest absolute Gasteiger partial charge is 0.493 e. The van der Waals surface area contributed by atoms with E-state index in [-0.39, 0.29) is 18.6 Å². The van der Waals surface area contributed by atoms with Gasteiger partial charge in [-0.15, -0.1) is 0 Å². The second kappa shape index (κ2) is 9.80. The van der Waals surface area contributed by atoms with Crippen LogP contribution in [0, 0.1) is 5.92 Å². The summed E-state index contributed by atoms with van der Waals surface area (Å²) in [6.07, 6.45) is 0.928. The Morgan fingerprint density at radius 3 is 2.42 bits per heavy atom. The van der Waals surface area contributed by atoms with Crippen LogP contribution in [0.25, 0.3) is 0 Å². The van der Waals surface area contributed by atoms with Crippen molar-refractivity contribution in [3.63, 3.8) is 0 Å². The molecule has 0 aliphatic rings. The van der Waals surface area contributed by atoms with Gasteiger partial charge < -0.3 is 19.5 Å². The predicted molar refractivity (Wildman–Crippen MR) is 91.5 cm³/mol. The number of hydrogen-bond donors (Lipinski definition) is 1. The highest BCUT2D eigenvalue weighted by atomic mass is 16.5. The third-order valence-electron chi connectivity index (χ3n) is 3.14. The number of carbonyl (C=O) groups excluding carboxylic acids is 2. The van der Waals surface area contributed by atoms with Gasteiger partial charge in [-0.2, -0.15) is 0 Å². The molecule has 6 heteroatoms. The lowest BCUT2D eigenvalue weighted by atomic mass is 10.1. The van der Waals surface area contributed by atoms with Crippen LogP contribution in [0.2, 0.25) is 0 Å². The summed E-state index contributed by atoms with van der Waals surface area (Å²) in [4.78, 5) is 23.5. The van der Waals surface area contributed by atoms with Crippen LogP contribution >= 0.6 is 0 Å². The molecule has 0 aromatic heterocycles. The number of esters is 1. The number of ether oxygens (including phenoxy) is 3. The van der Waals surface area contributed by atoms with Crippen molar-refractivity contribution < 1.29 is 23.8 Å². The van der Waals surface area contributed by atoms with Crippen LogP contribution in [0.15, 0.2) is 18.2 Å². The molecule has 1 N–H and O–H groups in total.